The summed E-state index contributed by atoms with van der Waals surface area (Å²) in [5.41, 5.74) is 2.04. The van der Waals surface area contributed by atoms with Crippen LogP contribution in [0.5, 0.6) is 0 Å². The molecule has 0 aliphatic heterocycles. The molecule has 1 aromatic rings. The average molecular weight is 409 g/mol. The summed E-state index contributed by atoms with van der Waals surface area (Å²) in [6.45, 7) is 6.06. The number of amides is 2. The van der Waals surface area contributed by atoms with Crippen molar-refractivity contribution in [3.05, 3.63) is 16.1 Å². The van der Waals surface area contributed by atoms with Crippen LogP contribution in [0, 0.1) is 12.3 Å². The number of hydrogen-bond acceptors (Lipinski definition) is 5. The molecule has 0 spiro atoms. The van der Waals surface area contributed by atoms with Crippen LogP contribution in [0.3, 0.4) is 0 Å². The minimum atomic E-state index is -0.385. The van der Waals surface area contributed by atoms with Crippen molar-refractivity contribution in [2.24, 2.45) is 10.4 Å². The van der Waals surface area contributed by atoms with Gasteiger partial charge in [-0.3, -0.25) is 14.6 Å². The number of nitrogens with zero attached hydrogens (tertiary/aromatic N) is 3. The van der Waals surface area contributed by atoms with Gasteiger partial charge in [0.15, 0.2) is 5.96 Å². The van der Waals surface area contributed by atoms with E-state index in [-0.39, 0.29) is 17.2 Å². The molecule has 1 saturated carbocycles. The molecule has 1 aliphatic carbocycles. The number of carbonyl (C=O) groups is 2. The fourth-order valence-corrected chi connectivity index (χ4v) is 4.21. The SMILES string of the molecule is CCNC(=NCC1(C(=O)N(C)C)CCCC1)NCCNC(=O)c1scnc1C. The second kappa shape index (κ2) is 10.4. The van der Waals surface area contributed by atoms with Crippen molar-refractivity contribution in [2.75, 3.05) is 40.3 Å². The lowest BCUT2D eigenvalue weighted by molar-refractivity contribution is -0.138. The van der Waals surface area contributed by atoms with Gasteiger partial charge in [-0.1, -0.05) is 12.8 Å². The maximum atomic E-state index is 12.7. The third kappa shape index (κ3) is 5.67. The monoisotopic (exact) mass is 408 g/mol. The lowest BCUT2D eigenvalue weighted by Gasteiger charge is -2.29. The van der Waals surface area contributed by atoms with Gasteiger partial charge in [0.1, 0.15) is 4.88 Å². The van der Waals surface area contributed by atoms with Crippen LogP contribution in [-0.2, 0) is 4.79 Å². The van der Waals surface area contributed by atoms with Gasteiger partial charge in [-0.05, 0) is 26.7 Å². The highest BCUT2D eigenvalue weighted by Gasteiger charge is 2.42. The summed E-state index contributed by atoms with van der Waals surface area (Å²) in [5.74, 6) is 0.727. The summed E-state index contributed by atoms with van der Waals surface area (Å²) < 4.78 is 0. The Morgan fingerprint density at radius 1 is 1.21 bits per heavy atom. The maximum absolute atomic E-state index is 12.7. The predicted molar refractivity (Wildman–Crippen MR) is 113 cm³/mol. The molecule has 1 heterocycles. The van der Waals surface area contributed by atoms with Gasteiger partial charge in [-0.2, -0.15) is 0 Å². The van der Waals surface area contributed by atoms with E-state index in [1.54, 1.807) is 10.4 Å². The summed E-state index contributed by atoms with van der Waals surface area (Å²) in [6.07, 6.45) is 3.92. The Hall–Kier alpha value is -2.16. The molecule has 1 aromatic heterocycles. The second-order valence-corrected chi connectivity index (χ2v) is 8.19. The quantitative estimate of drug-likeness (QED) is 0.343. The zero-order valence-corrected chi connectivity index (χ0v) is 18.1. The van der Waals surface area contributed by atoms with Gasteiger partial charge in [0.2, 0.25) is 5.91 Å². The zero-order chi connectivity index (χ0) is 20.6. The largest absolute Gasteiger partial charge is 0.357 e. The fourth-order valence-electron chi connectivity index (χ4n) is 3.49. The van der Waals surface area contributed by atoms with Crippen molar-refractivity contribution in [2.45, 2.75) is 39.5 Å². The number of thiazole rings is 1. The van der Waals surface area contributed by atoms with E-state index in [9.17, 15) is 9.59 Å². The molecular weight excluding hydrogens is 376 g/mol. The van der Waals surface area contributed by atoms with Crippen LogP contribution < -0.4 is 16.0 Å². The first-order valence-electron chi connectivity index (χ1n) is 9.82. The van der Waals surface area contributed by atoms with Gasteiger partial charge in [-0.15, -0.1) is 11.3 Å². The van der Waals surface area contributed by atoms with Gasteiger partial charge in [0.05, 0.1) is 23.2 Å². The Morgan fingerprint density at radius 3 is 2.46 bits per heavy atom. The summed E-state index contributed by atoms with van der Waals surface area (Å²) in [5, 5.41) is 9.33. The molecule has 0 aromatic carbocycles. The Bertz CT molecular complexity index is 694. The number of guanidine groups is 1. The molecule has 3 N–H and O–H groups in total. The molecule has 8 nitrogen and oxygen atoms in total. The predicted octanol–water partition coefficient (Wildman–Crippen LogP) is 1.39. The molecule has 0 atom stereocenters. The van der Waals surface area contributed by atoms with Crippen LogP contribution in [-0.4, -0.2) is 67.9 Å². The van der Waals surface area contributed by atoms with E-state index in [2.05, 4.69) is 25.9 Å². The van der Waals surface area contributed by atoms with E-state index < -0.39 is 0 Å². The van der Waals surface area contributed by atoms with Crippen LogP contribution in [0.1, 0.15) is 48.0 Å². The van der Waals surface area contributed by atoms with Gasteiger partial charge >= 0.3 is 0 Å². The van der Waals surface area contributed by atoms with Gasteiger partial charge in [-0.25, -0.2) is 4.98 Å². The number of carbonyl (C=O) groups excluding carboxylic acids is 2. The number of rotatable bonds is 8. The van der Waals surface area contributed by atoms with Crippen LogP contribution >= 0.6 is 11.3 Å². The van der Waals surface area contributed by atoms with E-state index >= 15 is 0 Å². The normalized spacial score (nSPS) is 15.9. The molecule has 28 heavy (non-hydrogen) atoms. The number of nitrogens with one attached hydrogen (secondary N) is 3. The van der Waals surface area contributed by atoms with Gasteiger partial charge < -0.3 is 20.9 Å². The highest BCUT2D eigenvalue weighted by molar-refractivity contribution is 7.11. The van der Waals surface area contributed by atoms with Crippen LogP contribution in [0.2, 0.25) is 0 Å². The molecule has 1 aliphatic rings. The molecular formula is C19H32N6O2S. The Labute approximate surface area is 171 Å². The van der Waals surface area contributed by atoms with E-state index in [1.165, 1.54) is 11.3 Å². The summed E-state index contributed by atoms with van der Waals surface area (Å²) in [7, 11) is 3.62. The smallest absolute Gasteiger partial charge is 0.263 e. The first kappa shape index (κ1) is 22.1. The maximum Gasteiger partial charge on any atom is 0.263 e. The van der Waals surface area contributed by atoms with Crippen molar-refractivity contribution >= 4 is 29.1 Å². The Balaban J connectivity index is 1.88. The highest BCUT2D eigenvalue weighted by Crippen LogP contribution is 2.39. The van der Waals surface area contributed by atoms with E-state index in [0.717, 1.165) is 37.9 Å². The average Bonchev–Trinajstić information content (AvgIpc) is 3.32. The lowest BCUT2D eigenvalue weighted by atomic mass is 9.85. The summed E-state index contributed by atoms with van der Waals surface area (Å²) in [4.78, 5) is 35.9. The number of aromatic nitrogens is 1. The lowest BCUT2D eigenvalue weighted by Crippen LogP contribution is -2.44. The van der Waals surface area contributed by atoms with Crippen LogP contribution in [0.15, 0.2) is 10.5 Å². The fraction of sp³-hybridized carbons (Fsp3) is 0.684. The minimum absolute atomic E-state index is 0.106. The standard InChI is InChI=1S/C19H32N6O2S/c1-5-20-18(22-11-10-21-16(26)15-14(2)24-13-28-15)23-12-19(8-6-7-9-19)17(27)25(3)4/h13H,5-12H2,1-4H3,(H,21,26)(H2,20,22,23). The molecule has 156 valence electrons. The second-order valence-electron chi connectivity index (χ2n) is 7.33. The first-order chi connectivity index (χ1) is 13.4. The van der Waals surface area contributed by atoms with Crippen molar-refractivity contribution < 1.29 is 9.59 Å². The third-order valence-corrected chi connectivity index (χ3v) is 5.89. The van der Waals surface area contributed by atoms with Gasteiger partial charge in [0, 0.05) is 33.7 Å². The van der Waals surface area contributed by atoms with Crippen molar-refractivity contribution in [1.82, 2.24) is 25.8 Å². The van der Waals surface area contributed by atoms with E-state index in [1.807, 2.05) is 27.9 Å². The van der Waals surface area contributed by atoms with E-state index in [4.69, 9.17) is 0 Å². The number of aliphatic imine (C=N–C) groups is 1. The molecule has 0 radical (unpaired) electrons. The van der Waals surface area contributed by atoms with Crippen LogP contribution in [0.25, 0.3) is 0 Å². The third-order valence-electron chi connectivity index (χ3n) is 4.96. The van der Waals surface area contributed by atoms with Gasteiger partial charge in [0.25, 0.3) is 5.91 Å². The zero-order valence-electron chi connectivity index (χ0n) is 17.3. The number of aryl methyl sites for hydroxylation is 1. The molecule has 2 amide bonds. The summed E-state index contributed by atoms with van der Waals surface area (Å²) in [6, 6.07) is 0. The van der Waals surface area contributed by atoms with Crippen molar-refractivity contribution in [3.63, 3.8) is 0 Å². The van der Waals surface area contributed by atoms with Crippen LogP contribution in [0.4, 0.5) is 0 Å². The molecule has 0 unspecified atom stereocenters. The summed E-state index contributed by atoms with van der Waals surface area (Å²) >= 11 is 1.34. The topological polar surface area (TPSA) is 98.7 Å². The molecule has 0 bridgehead atoms. The first-order valence-corrected chi connectivity index (χ1v) is 10.7. The van der Waals surface area contributed by atoms with Crippen molar-refractivity contribution in [1.29, 1.82) is 0 Å². The highest BCUT2D eigenvalue weighted by atomic mass is 32.1. The van der Waals surface area contributed by atoms with E-state index in [0.29, 0.717) is 30.5 Å². The Morgan fingerprint density at radius 2 is 1.89 bits per heavy atom. The number of hydrogen-bond donors (Lipinski definition) is 3. The van der Waals surface area contributed by atoms with Crippen molar-refractivity contribution in [3.8, 4) is 0 Å². The molecule has 0 saturated heterocycles. The molecule has 1 fully saturated rings. The molecule has 9 heteroatoms. The minimum Gasteiger partial charge on any atom is -0.357 e. The Kier molecular flexibility index (Phi) is 8.22. The molecule has 2 rings (SSSR count).